The van der Waals surface area contributed by atoms with Crippen LogP contribution < -0.4 is 15.0 Å². The van der Waals surface area contributed by atoms with Crippen LogP contribution in [0.3, 0.4) is 0 Å². The van der Waals surface area contributed by atoms with Crippen LogP contribution in [-0.4, -0.2) is 102 Å². The topological polar surface area (TPSA) is 144 Å². The number of halogens is 1. The van der Waals surface area contributed by atoms with Crippen molar-refractivity contribution in [1.29, 1.82) is 0 Å². The van der Waals surface area contributed by atoms with Gasteiger partial charge in [-0.1, -0.05) is 78.7 Å². The third kappa shape index (κ3) is 7.87. The average Bonchev–Trinajstić information content (AvgIpc) is 3.78. The van der Waals surface area contributed by atoms with Crippen LogP contribution in [-0.2, 0) is 33.4 Å². The summed E-state index contributed by atoms with van der Waals surface area (Å²) >= 11 is 3.75. The summed E-state index contributed by atoms with van der Waals surface area (Å²) in [6, 6.07) is 13.4. The summed E-state index contributed by atoms with van der Waals surface area (Å²) in [7, 11) is 3.05. The number of hydrogen-bond donors (Lipinski definition) is 2. The molecule has 2 bridgehead atoms. The van der Waals surface area contributed by atoms with Crippen molar-refractivity contribution in [1.82, 2.24) is 10.2 Å². The van der Waals surface area contributed by atoms with Crippen LogP contribution >= 0.6 is 15.9 Å². The average molecular weight is 811 g/mol. The zero-order chi connectivity index (χ0) is 39.2. The predicted octanol–water partition coefficient (Wildman–Crippen LogP) is 4.75. The number of carbonyl (C=O) groups excluding carboxylic acids is 4. The van der Waals surface area contributed by atoms with E-state index in [2.05, 4.69) is 34.4 Å². The van der Waals surface area contributed by atoms with E-state index in [9.17, 15) is 19.5 Å². The van der Waals surface area contributed by atoms with E-state index in [-0.39, 0.29) is 37.8 Å². The Hall–Kier alpha value is -4.04. The number of ether oxygens (including phenoxy) is 4. The molecule has 292 valence electrons. The van der Waals surface area contributed by atoms with Gasteiger partial charge < -0.3 is 39.2 Å². The largest absolute Gasteiger partial charge is 0.497 e. The van der Waals surface area contributed by atoms with Crippen LogP contribution in [0.2, 0.25) is 0 Å². The standard InChI is InChI=1S/C41H52BrN3O9/c1-7-10-16-32(47)43-30(24-51-5)35(26-14-12-11-13-15-26)53-40(50)33-34-38(48)45(31(23-46)25(4)9-3)37(41(34)22-29(42)36(33)54-41)39(49)44(21-8-2)27-17-19-28(52-6)20-18-27/h7-8,11-15,17-20,25,29-31,33-37,46H,1-2,9-10,16,21-24H2,3-6H3,(H,43,47)/t25-,29?,30+,31-,33-,34+,35+,36-,37-,41+/m0/s1. The molecule has 2 aromatic carbocycles. The number of methoxy groups -OCH3 is 2. The lowest BCUT2D eigenvalue weighted by Crippen LogP contribution is -2.60. The molecular formula is C41H52BrN3O9. The number of esters is 1. The van der Waals surface area contributed by atoms with Crippen LogP contribution in [0, 0.1) is 17.8 Å². The van der Waals surface area contributed by atoms with Crippen LogP contribution in [0.15, 0.2) is 79.9 Å². The molecule has 0 radical (unpaired) electrons. The van der Waals surface area contributed by atoms with Crippen molar-refractivity contribution in [3.63, 3.8) is 0 Å². The van der Waals surface area contributed by atoms with Gasteiger partial charge in [0.2, 0.25) is 11.8 Å². The van der Waals surface area contributed by atoms with Crippen molar-refractivity contribution < 1.29 is 43.2 Å². The number of rotatable bonds is 19. The van der Waals surface area contributed by atoms with Crippen molar-refractivity contribution >= 4 is 45.3 Å². The number of hydrogen-bond acceptors (Lipinski definition) is 9. The van der Waals surface area contributed by atoms with E-state index in [1.807, 2.05) is 19.9 Å². The minimum absolute atomic E-state index is 0.0343. The van der Waals surface area contributed by atoms with E-state index in [1.54, 1.807) is 72.7 Å². The number of nitrogens with one attached hydrogen (secondary N) is 1. The monoisotopic (exact) mass is 809 g/mol. The first-order valence-electron chi connectivity index (χ1n) is 18.5. The molecule has 3 fully saturated rings. The van der Waals surface area contributed by atoms with Gasteiger partial charge in [0.25, 0.3) is 5.91 Å². The second-order valence-corrected chi connectivity index (χ2v) is 15.4. The fourth-order valence-corrected chi connectivity index (χ4v) is 9.22. The molecule has 0 aromatic heterocycles. The molecule has 3 amide bonds. The maximum absolute atomic E-state index is 15.1. The summed E-state index contributed by atoms with van der Waals surface area (Å²) in [5.74, 6) is -3.61. The second-order valence-electron chi connectivity index (χ2n) is 14.2. The predicted molar refractivity (Wildman–Crippen MR) is 207 cm³/mol. The number of aliphatic hydroxyl groups is 1. The summed E-state index contributed by atoms with van der Waals surface area (Å²) in [6.07, 6.45) is 3.01. The van der Waals surface area contributed by atoms with Crippen LogP contribution in [0.1, 0.15) is 51.2 Å². The lowest BCUT2D eigenvalue weighted by atomic mass is 9.70. The molecule has 1 unspecified atom stereocenters. The molecule has 10 atom stereocenters. The number of amides is 3. The third-order valence-electron chi connectivity index (χ3n) is 11.0. The summed E-state index contributed by atoms with van der Waals surface area (Å²) in [5, 5.41) is 13.8. The van der Waals surface area contributed by atoms with Crippen LogP contribution in [0.5, 0.6) is 5.75 Å². The van der Waals surface area contributed by atoms with E-state index in [0.717, 1.165) is 0 Å². The highest BCUT2D eigenvalue weighted by Crippen LogP contribution is 2.61. The normalized spacial score (nSPS) is 26.3. The van der Waals surface area contributed by atoms with Gasteiger partial charge in [-0.25, -0.2) is 0 Å². The second kappa shape index (κ2) is 18.1. The number of carbonyl (C=O) groups is 4. The molecule has 13 heteroatoms. The number of alkyl halides is 1. The summed E-state index contributed by atoms with van der Waals surface area (Å²) < 4.78 is 24.0. The minimum atomic E-state index is -1.42. The zero-order valence-corrected chi connectivity index (χ0v) is 33.0. The van der Waals surface area contributed by atoms with E-state index < -0.39 is 77.0 Å². The van der Waals surface area contributed by atoms with Gasteiger partial charge >= 0.3 is 5.97 Å². The number of nitrogens with zero attached hydrogens (tertiary/aromatic N) is 2. The fraction of sp³-hybridized carbons (Fsp3) is 0.512. The van der Waals surface area contributed by atoms with Gasteiger partial charge in [-0.2, -0.15) is 0 Å². The number of aliphatic hydroxyl groups excluding tert-OH is 1. The molecule has 2 N–H and O–H groups in total. The SMILES string of the molecule is C=CCCC(=O)N[C@H](COC)[C@H](OC(=O)[C@@H]1[C@H]2O[C@@]3(CC2Br)[C@H](C(=O)N(CC=C)c2ccc(OC)cc2)N([C@@H](CO)[C@@H](C)CC)C(=O)[C@@H]13)c1ccccc1. The minimum Gasteiger partial charge on any atom is -0.497 e. The molecule has 12 nitrogen and oxygen atoms in total. The molecule has 1 spiro atoms. The molecule has 54 heavy (non-hydrogen) atoms. The van der Waals surface area contributed by atoms with E-state index in [4.69, 9.17) is 18.9 Å². The summed E-state index contributed by atoms with van der Waals surface area (Å²) in [4.78, 5) is 60.4. The van der Waals surface area contributed by atoms with Gasteiger partial charge in [-0.05, 0) is 48.6 Å². The van der Waals surface area contributed by atoms with Crippen molar-refractivity contribution in [3.05, 3.63) is 85.5 Å². The highest BCUT2D eigenvalue weighted by Gasteiger charge is 2.78. The Bertz CT molecular complexity index is 1660. The molecule has 3 aliphatic heterocycles. The Morgan fingerprint density at radius 1 is 1.13 bits per heavy atom. The first-order valence-corrected chi connectivity index (χ1v) is 19.4. The van der Waals surface area contributed by atoms with Crippen molar-refractivity contribution in [3.8, 4) is 5.75 Å². The van der Waals surface area contributed by atoms with Gasteiger partial charge in [-0.3, -0.25) is 19.2 Å². The first kappa shape index (κ1) is 41.1. The van der Waals surface area contributed by atoms with E-state index >= 15 is 4.79 Å². The summed E-state index contributed by atoms with van der Waals surface area (Å²) in [5.41, 5.74) is -0.243. The maximum Gasteiger partial charge on any atom is 0.313 e. The van der Waals surface area contributed by atoms with Crippen LogP contribution in [0.25, 0.3) is 0 Å². The van der Waals surface area contributed by atoms with Gasteiger partial charge in [0, 0.05) is 30.6 Å². The van der Waals surface area contributed by atoms with E-state index in [1.165, 1.54) is 12.0 Å². The molecule has 0 aliphatic carbocycles. The van der Waals surface area contributed by atoms with Gasteiger partial charge in [0.15, 0.2) is 0 Å². The molecule has 2 aromatic rings. The Morgan fingerprint density at radius 3 is 2.43 bits per heavy atom. The highest BCUT2D eigenvalue weighted by molar-refractivity contribution is 9.09. The van der Waals surface area contributed by atoms with Crippen LogP contribution in [0.4, 0.5) is 5.69 Å². The maximum atomic E-state index is 15.1. The molecule has 3 saturated heterocycles. The number of benzene rings is 2. The number of fused-ring (bicyclic) bond motifs is 1. The first-order chi connectivity index (χ1) is 26.0. The quantitative estimate of drug-likeness (QED) is 0.117. The van der Waals surface area contributed by atoms with Crippen molar-refractivity contribution in [2.24, 2.45) is 17.8 Å². The van der Waals surface area contributed by atoms with Gasteiger partial charge in [0.05, 0.1) is 50.3 Å². The van der Waals surface area contributed by atoms with Crippen molar-refractivity contribution in [2.45, 2.75) is 80.3 Å². The van der Waals surface area contributed by atoms with Gasteiger partial charge in [0.1, 0.15) is 23.5 Å². The fourth-order valence-electron chi connectivity index (χ4n) is 8.27. The molecular weight excluding hydrogens is 758 g/mol. The molecule has 3 aliphatic rings. The van der Waals surface area contributed by atoms with Gasteiger partial charge in [-0.15, -0.1) is 13.2 Å². The lowest BCUT2D eigenvalue weighted by molar-refractivity contribution is -0.163. The van der Waals surface area contributed by atoms with Crippen molar-refractivity contribution in [2.75, 3.05) is 38.9 Å². The van der Waals surface area contributed by atoms with E-state index in [0.29, 0.717) is 29.8 Å². The number of allylic oxidation sites excluding steroid dienone is 1. The smallest absolute Gasteiger partial charge is 0.313 e. The highest BCUT2D eigenvalue weighted by atomic mass is 79.9. The zero-order valence-electron chi connectivity index (χ0n) is 31.4. The number of likely N-dealkylation sites (tertiary alicyclic amines) is 1. The molecule has 3 heterocycles. The Kier molecular flexibility index (Phi) is 13.8. The molecule has 5 rings (SSSR count). The Morgan fingerprint density at radius 2 is 1.83 bits per heavy atom. The molecule has 0 saturated carbocycles. The lowest BCUT2D eigenvalue weighted by Gasteiger charge is -2.41. The Labute approximate surface area is 326 Å². The Balaban J connectivity index is 1.57. The third-order valence-corrected chi connectivity index (χ3v) is 11.9. The number of anilines is 1. The summed E-state index contributed by atoms with van der Waals surface area (Å²) in [6.45, 7) is 11.2.